The molecule has 1 aromatic carbocycles. The molecule has 4 saturated carbocycles. The standard InChI is InChI=1S/C24H31ClN4O3S/c1-29-21(12-24-9-14-4-15(10-24)6-16(5-14)11-24)27-28-23(29)33-13-22(30)26-18-8-19(31-2)17(25)7-20(18)32-3/h7-8,14-16H,4-6,9-13H2,1-3H3,(H,26,30). The van der Waals surface area contributed by atoms with Crippen LogP contribution in [-0.2, 0) is 18.3 Å². The summed E-state index contributed by atoms with van der Waals surface area (Å²) in [7, 11) is 5.08. The molecule has 1 heterocycles. The quantitative estimate of drug-likeness (QED) is 0.526. The van der Waals surface area contributed by atoms with E-state index >= 15 is 0 Å². The maximum absolute atomic E-state index is 12.6. The van der Waals surface area contributed by atoms with Crippen molar-refractivity contribution in [3.8, 4) is 11.5 Å². The Hall–Kier alpha value is -1.93. The summed E-state index contributed by atoms with van der Waals surface area (Å²) in [5, 5.41) is 13.0. The van der Waals surface area contributed by atoms with Gasteiger partial charge in [-0.15, -0.1) is 10.2 Å². The molecule has 0 saturated heterocycles. The van der Waals surface area contributed by atoms with Gasteiger partial charge in [-0.1, -0.05) is 23.4 Å². The van der Waals surface area contributed by atoms with E-state index in [1.54, 1.807) is 12.1 Å². The zero-order chi connectivity index (χ0) is 23.2. The summed E-state index contributed by atoms with van der Waals surface area (Å²) in [6.45, 7) is 0. The van der Waals surface area contributed by atoms with Crippen molar-refractivity contribution in [2.75, 3.05) is 25.3 Å². The molecule has 0 atom stereocenters. The first-order chi connectivity index (χ1) is 15.9. The van der Waals surface area contributed by atoms with E-state index in [1.165, 1.54) is 64.5 Å². The number of nitrogens with one attached hydrogen (secondary N) is 1. The van der Waals surface area contributed by atoms with Crippen LogP contribution in [0.4, 0.5) is 5.69 Å². The van der Waals surface area contributed by atoms with Gasteiger partial charge in [-0.05, 0) is 61.7 Å². The van der Waals surface area contributed by atoms with Gasteiger partial charge in [0, 0.05) is 25.6 Å². The SMILES string of the molecule is COc1cc(NC(=O)CSc2nnc(CC34CC5CC(CC(C5)C3)C4)n2C)c(OC)cc1Cl. The van der Waals surface area contributed by atoms with Crippen molar-refractivity contribution in [1.29, 1.82) is 0 Å². The van der Waals surface area contributed by atoms with Crippen LogP contribution in [0.5, 0.6) is 11.5 Å². The van der Waals surface area contributed by atoms with E-state index in [9.17, 15) is 4.79 Å². The number of halogens is 1. The van der Waals surface area contributed by atoms with Crippen LogP contribution in [0.25, 0.3) is 0 Å². The minimum Gasteiger partial charge on any atom is -0.495 e. The number of rotatable bonds is 8. The smallest absolute Gasteiger partial charge is 0.234 e. The van der Waals surface area contributed by atoms with E-state index in [1.807, 2.05) is 7.05 Å². The van der Waals surface area contributed by atoms with Crippen molar-refractivity contribution < 1.29 is 14.3 Å². The monoisotopic (exact) mass is 490 g/mol. The molecule has 4 fully saturated rings. The van der Waals surface area contributed by atoms with E-state index in [2.05, 4.69) is 20.1 Å². The number of anilines is 1. The Morgan fingerprint density at radius 3 is 2.36 bits per heavy atom. The molecule has 6 rings (SSSR count). The predicted molar refractivity (Wildman–Crippen MR) is 129 cm³/mol. The van der Waals surface area contributed by atoms with Gasteiger partial charge in [-0.2, -0.15) is 0 Å². The highest BCUT2D eigenvalue weighted by Gasteiger charge is 2.51. The Morgan fingerprint density at radius 1 is 1.12 bits per heavy atom. The molecule has 4 aliphatic rings. The molecule has 2 aromatic rings. The van der Waals surface area contributed by atoms with Gasteiger partial charge in [0.05, 0.1) is 30.7 Å². The molecular formula is C24H31ClN4O3S. The highest BCUT2D eigenvalue weighted by atomic mass is 35.5. The number of aromatic nitrogens is 3. The first-order valence-electron chi connectivity index (χ1n) is 11.6. The number of amides is 1. The Kier molecular flexibility index (Phi) is 6.25. The summed E-state index contributed by atoms with van der Waals surface area (Å²) in [6, 6.07) is 3.29. The minimum absolute atomic E-state index is 0.159. The Balaban J connectivity index is 1.22. The lowest BCUT2D eigenvalue weighted by Gasteiger charge is -2.56. The molecule has 7 nitrogen and oxygen atoms in total. The second-order valence-corrected chi connectivity index (χ2v) is 11.4. The lowest BCUT2D eigenvalue weighted by molar-refractivity contribution is -0.113. The van der Waals surface area contributed by atoms with Gasteiger partial charge >= 0.3 is 0 Å². The summed E-state index contributed by atoms with van der Waals surface area (Å²) in [5.74, 6) is 4.83. The average molecular weight is 491 g/mol. The first-order valence-corrected chi connectivity index (χ1v) is 13.0. The second kappa shape index (κ2) is 9.02. The van der Waals surface area contributed by atoms with Crippen LogP contribution in [0, 0.1) is 23.2 Å². The number of hydrogen-bond acceptors (Lipinski definition) is 6. The number of methoxy groups -OCH3 is 2. The third-order valence-corrected chi connectivity index (χ3v) is 9.02. The number of nitrogens with zero attached hydrogens (tertiary/aromatic N) is 3. The molecule has 4 bridgehead atoms. The van der Waals surface area contributed by atoms with Gasteiger partial charge in [0.25, 0.3) is 0 Å². The van der Waals surface area contributed by atoms with Crippen molar-refractivity contribution in [2.24, 2.45) is 30.2 Å². The van der Waals surface area contributed by atoms with Gasteiger partial charge in [0.1, 0.15) is 17.3 Å². The summed E-state index contributed by atoms with van der Waals surface area (Å²) in [4.78, 5) is 12.6. The van der Waals surface area contributed by atoms with Crippen LogP contribution in [0.3, 0.4) is 0 Å². The number of benzene rings is 1. The minimum atomic E-state index is -0.159. The molecule has 0 unspecified atom stereocenters. The Bertz CT molecular complexity index is 1020. The molecular weight excluding hydrogens is 460 g/mol. The highest BCUT2D eigenvalue weighted by molar-refractivity contribution is 7.99. The van der Waals surface area contributed by atoms with Crippen molar-refractivity contribution in [3.63, 3.8) is 0 Å². The molecule has 178 valence electrons. The van der Waals surface area contributed by atoms with Gasteiger partial charge in [0.15, 0.2) is 5.16 Å². The number of ether oxygens (including phenoxy) is 2. The largest absolute Gasteiger partial charge is 0.495 e. The fraction of sp³-hybridized carbons (Fsp3) is 0.625. The van der Waals surface area contributed by atoms with Gasteiger partial charge in [-0.3, -0.25) is 4.79 Å². The van der Waals surface area contributed by atoms with Crippen molar-refractivity contribution in [3.05, 3.63) is 23.0 Å². The van der Waals surface area contributed by atoms with Gasteiger partial charge < -0.3 is 19.4 Å². The number of thioether (sulfide) groups is 1. The molecule has 1 N–H and O–H groups in total. The third kappa shape index (κ3) is 4.56. The number of carbonyl (C=O) groups is 1. The number of hydrogen-bond donors (Lipinski definition) is 1. The zero-order valence-corrected chi connectivity index (χ0v) is 21.0. The normalized spacial score (nSPS) is 27.6. The summed E-state index contributed by atoms with van der Waals surface area (Å²) >= 11 is 7.54. The fourth-order valence-corrected chi connectivity index (χ4v) is 7.70. The van der Waals surface area contributed by atoms with Gasteiger partial charge in [0.2, 0.25) is 5.91 Å². The van der Waals surface area contributed by atoms with E-state index in [0.29, 0.717) is 27.6 Å². The van der Waals surface area contributed by atoms with E-state index in [-0.39, 0.29) is 11.7 Å². The van der Waals surface area contributed by atoms with Crippen LogP contribution in [0.2, 0.25) is 5.02 Å². The molecule has 0 spiro atoms. The molecule has 0 radical (unpaired) electrons. The Morgan fingerprint density at radius 2 is 1.76 bits per heavy atom. The van der Waals surface area contributed by atoms with Crippen molar-refractivity contribution in [2.45, 2.75) is 50.1 Å². The van der Waals surface area contributed by atoms with E-state index in [4.69, 9.17) is 21.1 Å². The van der Waals surface area contributed by atoms with Crippen LogP contribution in [0.1, 0.15) is 44.3 Å². The zero-order valence-electron chi connectivity index (χ0n) is 19.4. The molecule has 1 amide bonds. The molecule has 33 heavy (non-hydrogen) atoms. The lowest BCUT2D eigenvalue weighted by atomic mass is 9.49. The topological polar surface area (TPSA) is 78.3 Å². The van der Waals surface area contributed by atoms with E-state index < -0.39 is 0 Å². The van der Waals surface area contributed by atoms with E-state index in [0.717, 1.165) is 35.2 Å². The van der Waals surface area contributed by atoms with Crippen LogP contribution in [-0.4, -0.2) is 40.6 Å². The summed E-state index contributed by atoms with van der Waals surface area (Å²) < 4.78 is 12.7. The predicted octanol–water partition coefficient (Wildman–Crippen LogP) is 4.98. The summed E-state index contributed by atoms with van der Waals surface area (Å²) in [5.41, 5.74) is 0.934. The van der Waals surface area contributed by atoms with Crippen LogP contribution < -0.4 is 14.8 Å². The van der Waals surface area contributed by atoms with Crippen LogP contribution >= 0.6 is 23.4 Å². The average Bonchev–Trinajstić information content (AvgIpc) is 3.10. The third-order valence-electron chi connectivity index (χ3n) is 7.70. The van der Waals surface area contributed by atoms with Gasteiger partial charge in [-0.25, -0.2) is 0 Å². The second-order valence-electron chi connectivity index (χ2n) is 10.1. The molecule has 9 heteroatoms. The fourth-order valence-electron chi connectivity index (χ4n) is 6.74. The molecule has 0 aliphatic heterocycles. The van der Waals surface area contributed by atoms with Crippen molar-refractivity contribution in [1.82, 2.24) is 14.8 Å². The number of carbonyl (C=O) groups excluding carboxylic acids is 1. The highest BCUT2D eigenvalue weighted by Crippen LogP contribution is 2.61. The summed E-state index contributed by atoms with van der Waals surface area (Å²) in [6.07, 6.45) is 9.39. The maximum Gasteiger partial charge on any atom is 0.234 e. The lowest BCUT2D eigenvalue weighted by Crippen LogP contribution is -2.47. The van der Waals surface area contributed by atoms with Crippen molar-refractivity contribution >= 4 is 35.0 Å². The Labute approximate surface area is 204 Å². The van der Waals surface area contributed by atoms with Crippen LogP contribution in [0.15, 0.2) is 17.3 Å². The molecule has 4 aliphatic carbocycles. The maximum atomic E-state index is 12.6. The first kappa shape index (κ1) is 22.8. The molecule has 1 aromatic heterocycles.